The summed E-state index contributed by atoms with van der Waals surface area (Å²) < 4.78 is 42.7. The van der Waals surface area contributed by atoms with E-state index in [0.717, 1.165) is 11.1 Å². The van der Waals surface area contributed by atoms with Crippen LogP contribution >= 0.6 is 0 Å². The van der Waals surface area contributed by atoms with Crippen LogP contribution in [0.1, 0.15) is 27.7 Å². The van der Waals surface area contributed by atoms with Crippen LogP contribution in [0, 0.1) is 0 Å². The van der Waals surface area contributed by atoms with Crippen LogP contribution < -0.4 is 0 Å². The Morgan fingerprint density at radius 3 is 1.01 bits per heavy atom. The third-order valence-corrected chi connectivity index (χ3v) is 11.2. The van der Waals surface area contributed by atoms with Crippen molar-refractivity contribution in [2.45, 2.75) is 151 Å². The molecule has 20 atom stereocenters. The molecule has 0 saturated carbocycles. The Labute approximate surface area is 390 Å². The van der Waals surface area contributed by atoms with Crippen molar-refractivity contribution in [3.63, 3.8) is 0 Å². The molecule has 0 unspecified atom stereocenters. The van der Waals surface area contributed by atoms with Crippen molar-refractivity contribution in [1.29, 1.82) is 0 Å². The van der Waals surface area contributed by atoms with E-state index in [4.69, 9.17) is 37.9 Å². The number of aliphatic hydroxyl groups excluding tert-OH is 14. The van der Waals surface area contributed by atoms with E-state index in [9.17, 15) is 81.1 Å². The lowest BCUT2D eigenvalue weighted by molar-refractivity contribution is -0.326. The Bertz CT molecular complexity index is 1730. The number of rotatable bonds is 18. The van der Waals surface area contributed by atoms with E-state index >= 15 is 0 Å². The van der Waals surface area contributed by atoms with E-state index in [-0.39, 0.29) is 11.1 Å². The first-order valence-electron chi connectivity index (χ1n) is 21.5. The summed E-state index contributed by atoms with van der Waals surface area (Å²) in [5, 5.41) is 142. The molecule has 4 aliphatic rings. The van der Waals surface area contributed by atoms with Crippen molar-refractivity contribution in [2.24, 2.45) is 0 Å². The smallest absolute Gasteiger partial charge is 0.336 e. The molecule has 4 saturated heterocycles. The maximum atomic E-state index is 12.8. The molecule has 0 radical (unpaired) electrons. The average Bonchev–Trinajstić information content (AvgIpc) is 3.31. The number of hydrogen-bond donors (Lipinski definition) is 14. The van der Waals surface area contributed by atoms with Gasteiger partial charge in [-0.3, -0.25) is 0 Å². The van der Waals surface area contributed by atoms with E-state index < -0.39 is 161 Å². The zero-order valence-electron chi connectivity index (χ0n) is 37.5. The molecule has 384 valence electrons. The van der Waals surface area contributed by atoms with Gasteiger partial charge in [-0.25, -0.2) is 9.59 Å². The number of allylic oxidation sites excluding steroid dienone is 12. The highest BCUT2D eigenvalue weighted by molar-refractivity contribution is 5.88. The molecule has 0 aromatic rings. The molecule has 24 nitrogen and oxygen atoms in total. The van der Waals surface area contributed by atoms with E-state index in [1.165, 1.54) is 26.0 Å². The summed E-state index contributed by atoms with van der Waals surface area (Å²) in [6.07, 6.45) is -16.8. The molecule has 0 spiro atoms. The summed E-state index contributed by atoms with van der Waals surface area (Å²) in [5.41, 5.74) is 1.68. The van der Waals surface area contributed by atoms with E-state index in [0.29, 0.717) is 0 Å². The van der Waals surface area contributed by atoms with Gasteiger partial charge in [0.05, 0.1) is 26.4 Å². The van der Waals surface area contributed by atoms with E-state index in [2.05, 4.69) is 0 Å². The van der Waals surface area contributed by atoms with Crippen molar-refractivity contribution in [3.05, 3.63) is 83.1 Å². The zero-order valence-corrected chi connectivity index (χ0v) is 37.5. The molecule has 0 aliphatic carbocycles. The molecular formula is C44H64O24. The van der Waals surface area contributed by atoms with Gasteiger partial charge in [-0.1, -0.05) is 71.9 Å². The van der Waals surface area contributed by atoms with E-state index in [1.54, 1.807) is 62.5 Å². The predicted octanol–water partition coefficient (Wildman–Crippen LogP) is -5.23. The minimum Gasteiger partial charge on any atom is -0.429 e. The molecule has 68 heavy (non-hydrogen) atoms. The van der Waals surface area contributed by atoms with Crippen molar-refractivity contribution in [2.75, 3.05) is 26.4 Å². The first-order chi connectivity index (χ1) is 32.1. The van der Waals surface area contributed by atoms with Gasteiger partial charge in [-0.05, 0) is 27.7 Å². The Kier molecular flexibility index (Phi) is 22.2. The summed E-state index contributed by atoms with van der Waals surface area (Å²) in [6, 6.07) is 0. The largest absolute Gasteiger partial charge is 0.429 e. The molecule has 0 aromatic heterocycles. The molecule has 14 N–H and O–H groups in total. The normalized spacial score (nSPS) is 40.3. The second-order valence-electron chi connectivity index (χ2n) is 16.5. The Hall–Kier alpha value is -3.68. The fraction of sp³-hybridized carbons (Fsp3) is 0.636. The molecule has 4 aliphatic heterocycles. The summed E-state index contributed by atoms with van der Waals surface area (Å²) in [7, 11) is 0. The molecule has 0 bridgehead atoms. The van der Waals surface area contributed by atoms with Gasteiger partial charge in [0, 0.05) is 11.1 Å². The predicted molar refractivity (Wildman–Crippen MR) is 227 cm³/mol. The Balaban J connectivity index is 1.23. The first-order valence-corrected chi connectivity index (χ1v) is 21.5. The maximum Gasteiger partial charge on any atom is 0.336 e. The van der Waals surface area contributed by atoms with Gasteiger partial charge in [-0.15, -0.1) is 0 Å². The van der Waals surface area contributed by atoms with Gasteiger partial charge in [0.1, 0.15) is 97.7 Å². The third kappa shape index (κ3) is 14.9. The van der Waals surface area contributed by atoms with Crippen molar-refractivity contribution in [3.8, 4) is 0 Å². The zero-order chi connectivity index (χ0) is 50.6. The van der Waals surface area contributed by atoms with Crippen LogP contribution in [0.15, 0.2) is 83.1 Å². The number of carbonyl (C=O) groups excluding carboxylic acids is 2. The van der Waals surface area contributed by atoms with Crippen LogP contribution in [-0.2, 0) is 47.5 Å². The highest BCUT2D eigenvalue weighted by Crippen LogP contribution is 2.28. The lowest BCUT2D eigenvalue weighted by atomic mass is 9.98. The fourth-order valence-electron chi connectivity index (χ4n) is 6.84. The van der Waals surface area contributed by atoms with Gasteiger partial charge in [0.2, 0.25) is 12.6 Å². The van der Waals surface area contributed by atoms with Crippen molar-refractivity contribution >= 4 is 11.9 Å². The third-order valence-electron chi connectivity index (χ3n) is 11.2. The summed E-state index contributed by atoms with van der Waals surface area (Å²) >= 11 is 0. The second kappa shape index (κ2) is 26.5. The lowest BCUT2D eigenvalue weighted by Crippen LogP contribution is -2.61. The first kappa shape index (κ1) is 56.9. The monoisotopic (exact) mass is 976 g/mol. The summed E-state index contributed by atoms with van der Waals surface area (Å²) in [4.78, 5) is 25.6. The van der Waals surface area contributed by atoms with Gasteiger partial charge < -0.3 is 109 Å². The van der Waals surface area contributed by atoms with E-state index in [1.807, 2.05) is 0 Å². The molecule has 24 heteroatoms. The highest BCUT2D eigenvalue weighted by atomic mass is 16.8. The van der Waals surface area contributed by atoms with Crippen molar-refractivity contribution < 1.29 is 119 Å². The summed E-state index contributed by atoms with van der Waals surface area (Å²) in [6.45, 7) is 3.80. The molecule has 4 fully saturated rings. The molecule has 0 amide bonds. The lowest BCUT2D eigenvalue weighted by Gasteiger charge is -2.42. The van der Waals surface area contributed by atoms with Crippen molar-refractivity contribution in [1.82, 2.24) is 0 Å². The molecular weight excluding hydrogens is 912 g/mol. The van der Waals surface area contributed by atoms with Crippen LogP contribution in [0.5, 0.6) is 0 Å². The quantitative estimate of drug-likeness (QED) is 0.0347. The standard InChI is InChI=1S/C44H64O24/c1-19(11-7-13-21(3)39(59)67-43-37(57)33(53)29(49)25(65-43)17-61-41-35(55)31(51)27(47)23(15-45)63-41)9-5-6-10-20(2)12-8-14-22(4)40(60)68-44-38(58)34(54)30(50)26(66-44)18-62-42-36(56)32(52)28(48)24(16-46)64-42/h5-14,23-38,41-58H,15-18H2,1-4H3/b6-5+,11-7+,12-8+,19-9+,20-10+,21-13+,22-14+/t23-,24-,25-,26-,27-,28-,29-,30-,31+,32+,33+,34+,35-,36-,37-,38-,41+,42+,43+,44+/m1/s1. The van der Waals surface area contributed by atoms with Crippen LogP contribution in [0.25, 0.3) is 0 Å². The fourth-order valence-corrected chi connectivity index (χ4v) is 6.84. The number of carbonyl (C=O) groups is 2. The van der Waals surface area contributed by atoms with Crippen LogP contribution in [0.3, 0.4) is 0 Å². The van der Waals surface area contributed by atoms with Crippen LogP contribution in [-0.4, -0.2) is 233 Å². The Morgan fingerprint density at radius 2 is 0.691 bits per heavy atom. The van der Waals surface area contributed by atoms with Gasteiger partial charge in [-0.2, -0.15) is 0 Å². The number of hydrogen-bond acceptors (Lipinski definition) is 24. The molecule has 4 rings (SSSR count). The van der Waals surface area contributed by atoms with Gasteiger partial charge in [0.15, 0.2) is 12.6 Å². The summed E-state index contributed by atoms with van der Waals surface area (Å²) in [5.74, 6) is -1.86. The minimum atomic E-state index is -1.86. The van der Waals surface area contributed by atoms with Crippen LogP contribution in [0.2, 0.25) is 0 Å². The number of aliphatic hydroxyl groups is 14. The molecule has 4 heterocycles. The maximum absolute atomic E-state index is 12.8. The SMILES string of the molecule is CC(/C=C/C=C(\C)C(=O)O[C@@H]1O[C@H](CO[C@H]2O[C@H](CO)[C@@H](O)[C@H](O)[C@H]2O)[C@@H](O)[C@H](O)[C@H]1O)=C\C=C\C=C(C)\C=C\C=C(/C)C(=O)O[C@@H]1O[C@H](CO[C@H]2O[C@H](CO)[C@@H](O)[C@H](O)[C@H]2O)[C@@H](O)[C@H](O)[C@H]1O. The van der Waals surface area contributed by atoms with Crippen LogP contribution in [0.4, 0.5) is 0 Å². The minimum absolute atomic E-state index is 0.0726. The number of ether oxygens (including phenoxy) is 8. The van der Waals surface area contributed by atoms with Gasteiger partial charge in [0.25, 0.3) is 0 Å². The topological polar surface area (TPSA) is 391 Å². The van der Waals surface area contributed by atoms with Gasteiger partial charge >= 0.3 is 11.9 Å². The average molecular weight is 977 g/mol. The second-order valence-corrected chi connectivity index (χ2v) is 16.5. The molecule has 0 aromatic carbocycles. The number of esters is 2. The Morgan fingerprint density at radius 1 is 0.397 bits per heavy atom. The highest BCUT2D eigenvalue weighted by Gasteiger charge is 2.50.